The molecule has 0 radical (unpaired) electrons. The number of aromatic nitrogens is 1. The van der Waals surface area contributed by atoms with E-state index in [-0.39, 0.29) is 32.9 Å². The van der Waals surface area contributed by atoms with Gasteiger partial charge in [-0.2, -0.15) is 0 Å². The second kappa shape index (κ2) is 8.85. The molecule has 31 heavy (non-hydrogen) atoms. The Labute approximate surface area is 183 Å². The molecule has 2 aliphatic rings. The third kappa shape index (κ3) is 5.00. The molecule has 1 aliphatic carbocycles. The quantitative estimate of drug-likeness (QED) is 0.362. The molecule has 1 atom stereocenters. The highest BCUT2D eigenvalue weighted by atomic mass is 32.2. The van der Waals surface area contributed by atoms with Crippen molar-refractivity contribution >= 4 is 43.7 Å². The van der Waals surface area contributed by atoms with E-state index in [2.05, 4.69) is 15.5 Å². The number of nitrogens with zero attached hydrogens (tertiary/aromatic N) is 2. The summed E-state index contributed by atoms with van der Waals surface area (Å²) in [6.07, 6.45) is 3.13. The van der Waals surface area contributed by atoms with E-state index in [0.717, 1.165) is 11.3 Å². The number of ether oxygens (including phenoxy) is 1. The number of benzene rings is 1. The Morgan fingerprint density at radius 2 is 1.97 bits per heavy atom. The van der Waals surface area contributed by atoms with E-state index in [4.69, 9.17) is 9.57 Å². The largest absolute Gasteiger partial charge is 0.389 e. The van der Waals surface area contributed by atoms with Gasteiger partial charge in [0.1, 0.15) is 0 Å². The molecule has 1 saturated carbocycles. The number of sulfone groups is 1. The van der Waals surface area contributed by atoms with Gasteiger partial charge in [0, 0.05) is 18.9 Å². The number of oxime groups is 1. The number of anilines is 1. The molecule has 0 bridgehead atoms. The van der Waals surface area contributed by atoms with Gasteiger partial charge in [-0.1, -0.05) is 28.6 Å². The van der Waals surface area contributed by atoms with Gasteiger partial charge in [-0.25, -0.2) is 13.4 Å². The normalized spacial score (nSPS) is 19.3. The predicted octanol–water partition coefficient (Wildman–Crippen LogP) is 2.43. The van der Waals surface area contributed by atoms with E-state index >= 15 is 0 Å². The molecule has 4 rings (SSSR count). The van der Waals surface area contributed by atoms with Crippen molar-refractivity contribution in [2.75, 3.05) is 18.5 Å². The second-order valence-corrected chi connectivity index (χ2v) is 10.6. The summed E-state index contributed by atoms with van der Waals surface area (Å²) in [4.78, 5) is 34.5. The van der Waals surface area contributed by atoms with E-state index in [1.54, 1.807) is 0 Å². The van der Waals surface area contributed by atoms with Crippen LogP contribution in [0.25, 0.3) is 0 Å². The molecule has 2 aromatic rings. The van der Waals surface area contributed by atoms with Gasteiger partial charge in [0.15, 0.2) is 32.6 Å². The number of hydrogen-bond donors (Lipinski definition) is 1. The van der Waals surface area contributed by atoms with Crippen LogP contribution >= 0.6 is 11.3 Å². The summed E-state index contributed by atoms with van der Waals surface area (Å²) in [5.74, 6) is -0.731. The molecule has 164 valence electrons. The van der Waals surface area contributed by atoms with Crippen molar-refractivity contribution in [1.29, 1.82) is 0 Å². The fourth-order valence-corrected chi connectivity index (χ4v) is 5.34. The molecule has 0 unspecified atom stereocenters. The van der Waals surface area contributed by atoms with Gasteiger partial charge in [-0.3, -0.25) is 14.9 Å². The number of amides is 1. The lowest BCUT2D eigenvalue weighted by molar-refractivity contribution is -0.110. The SMILES string of the molecule is CC(=O)c1cnc(NC(=O)/C(=N/O[C@@H]2CCOC2)c2ccc(S(=O)(=O)C3CC3)cc2)s1. The zero-order valence-corrected chi connectivity index (χ0v) is 18.4. The van der Waals surface area contributed by atoms with Crippen LogP contribution < -0.4 is 5.32 Å². The zero-order valence-electron chi connectivity index (χ0n) is 16.7. The number of nitrogens with one attached hydrogen (secondary N) is 1. The number of hydrogen-bond acceptors (Lipinski definition) is 9. The van der Waals surface area contributed by atoms with Crippen molar-refractivity contribution < 1.29 is 27.6 Å². The first-order chi connectivity index (χ1) is 14.8. The Morgan fingerprint density at radius 1 is 1.23 bits per heavy atom. The lowest BCUT2D eigenvalue weighted by Crippen LogP contribution is -2.25. The molecule has 1 aliphatic heterocycles. The summed E-state index contributed by atoms with van der Waals surface area (Å²) in [6.45, 7) is 2.36. The zero-order chi connectivity index (χ0) is 22.0. The molecule has 9 nitrogen and oxygen atoms in total. The first kappa shape index (κ1) is 21.6. The lowest BCUT2D eigenvalue weighted by Gasteiger charge is -2.10. The molecule has 1 saturated heterocycles. The van der Waals surface area contributed by atoms with Gasteiger partial charge < -0.3 is 9.57 Å². The smallest absolute Gasteiger partial charge is 0.280 e. The number of rotatable bonds is 8. The van der Waals surface area contributed by atoms with Crippen LogP contribution in [0.2, 0.25) is 0 Å². The minimum absolute atomic E-state index is 0.0261. The molecular weight excluding hydrogens is 442 g/mol. The maximum atomic E-state index is 12.9. The minimum Gasteiger partial charge on any atom is -0.389 e. The average Bonchev–Trinajstić information content (AvgIpc) is 3.29. The maximum Gasteiger partial charge on any atom is 0.280 e. The van der Waals surface area contributed by atoms with Gasteiger partial charge >= 0.3 is 0 Å². The highest BCUT2D eigenvalue weighted by molar-refractivity contribution is 7.92. The van der Waals surface area contributed by atoms with Gasteiger partial charge in [-0.05, 0) is 25.0 Å². The Kier molecular flexibility index (Phi) is 6.17. The second-order valence-electron chi connectivity index (χ2n) is 7.34. The van der Waals surface area contributed by atoms with Crippen molar-refractivity contribution in [3.05, 3.63) is 40.9 Å². The number of carbonyl (C=O) groups is 2. The number of carbonyl (C=O) groups excluding carboxylic acids is 2. The topological polar surface area (TPSA) is 124 Å². The predicted molar refractivity (Wildman–Crippen MR) is 114 cm³/mol. The highest BCUT2D eigenvalue weighted by Gasteiger charge is 2.36. The maximum absolute atomic E-state index is 12.9. The minimum atomic E-state index is -3.34. The first-order valence-corrected chi connectivity index (χ1v) is 12.1. The fraction of sp³-hybridized carbons (Fsp3) is 0.400. The molecule has 2 heterocycles. The standard InChI is InChI=1S/C20H21N3O6S2/c1-12(24)17-10-21-20(30-17)22-19(25)18(23-29-14-8-9-28-11-14)13-2-4-15(5-3-13)31(26,27)16-6-7-16/h2-5,10,14,16H,6-9,11H2,1H3,(H,21,22,25)/b23-18+/t14-/m1/s1. The molecule has 0 spiro atoms. The van der Waals surface area contributed by atoms with Crippen LogP contribution in [0.15, 0.2) is 40.5 Å². The molecule has 11 heteroatoms. The van der Waals surface area contributed by atoms with E-state index in [9.17, 15) is 18.0 Å². The van der Waals surface area contributed by atoms with Gasteiger partial charge in [0.2, 0.25) is 0 Å². The molecule has 1 aromatic carbocycles. The van der Waals surface area contributed by atoms with Crippen LogP contribution in [0, 0.1) is 0 Å². The monoisotopic (exact) mass is 463 g/mol. The summed E-state index contributed by atoms with van der Waals surface area (Å²) < 4.78 is 30.1. The van der Waals surface area contributed by atoms with Crippen molar-refractivity contribution in [3.63, 3.8) is 0 Å². The molecule has 1 N–H and O–H groups in total. The van der Waals surface area contributed by atoms with Crippen LogP contribution in [0.1, 0.15) is 41.4 Å². The van der Waals surface area contributed by atoms with Crippen molar-refractivity contribution in [2.24, 2.45) is 5.16 Å². The summed E-state index contributed by atoms with van der Waals surface area (Å²) in [7, 11) is -3.34. The van der Waals surface area contributed by atoms with Gasteiger partial charge in [0.05, 0.1) is 34.4 Å². The number of Topliss-reactive ketones (excluding diaryl/α,β-unsaturated/α-hetero) is 1. The van der Waals surface area contributed by atoms with Crippen molar-refractivity contribution in [3.8, 4) is 0 Å². The summed E-state index contributed by atoms with van der Waals surface area (Å²) in [5, 5.41) is 6.59. The van der Waals surface area contributed by atoms with Gasteiger partial charge in [-0.15, -0.1) is 0 Å². The third-order valence-electron chi connectivity index (χ3n) is 4.89. The average molecular weight is 464 g/mol. The summed E-state index contributed by atoms with van der Waals surface area (Å²) in [5.41, 5.74) is 0.372. The Morgan fingerprint density at radius 3 is 2.55 bits per heavy atom. The van der Waals surface area contributed by atoms with E-state index < -0.39 is 15.7 Å². The van der Waals surface area contributed by atoms with Crippen LogP contribution in [-0.4, -0.2) is 55.4 Å². The highest BCUT2D eigenvalue weighted by Crippen LogP contribution is 2.33. The number of ketones is 1. The van der Waals surface area contributed by atoms with Gasteiger partial charge in [0.25, 0.3) is 5.91 Å². The van der Waals surface area contributed by atoms with E-state index in [1.807, 2.05) is 0 Å². The Hall–Kier alpha value is -2.63. The Bertz CT molecular complexity index is 1110. The van der Waals surface area contributed by atoms with Crippen LogP contribution in [0.3, 0.4) is 0 Å². The molecule has 2 fully saturated rings. The lowest BCUT2D eigenvalue weighted by atomic mass is 10.1. The fourth-order valence-electron chi connectivity index (χ4n) is 2.97. The summed E-state index contributed by atoms with van der Waals surface area (Å²) in [6, 6.07) is 6.01. The molecule has 1 aromatic heterocycles. The number of thiazole rings is 1. The Balaban J connectivity index is 1.57. The van der Waals surface area contributed by atoms with Crippen LogP contribution in [-0.2, 0) is 24.2 Å². The third-order valence-corrected chi connectivity index (χ3v) is 8.18. The van der Waals surface area contributed by atoms with Crippen molar-refractivity contribution in [1.82, 2.24) is 4.98 Å². The van der Waals surface area contributed by atoms with Crippen molar-refractivity contribution in [2.45, 2.75) is 42.4 Å². The van der Waals surface area contributed by atoms with E-state index in [1.165, 1.54) is 37.4 Å². The molecule has 1 amide bonds. The van der Waals surface area contributed by atoms with Crippen LogP contribution in [0.4, 0.5) is 5.13 Å². The van der Waals surface area contributed by atoms with Crippen LogP contribution in [0.5, 0.6) is 0 Å². The summed E-state index contributed by atoms with van der Waals surface area (Å²) >= 11 is 1.05. The molecular formula is C20H21N3O6S2. The van der Waals surface area contributed by atoms with E-state index in [0.29, 0.717) is 42.9 Å². The first-order valence-electron chi connectivity index (χ1n) is 9.78.